The summed E-state index contributed by atoms with van der Waals surface area (Å²) in [6.07, 6.45) is 6.23. The largest absolute Gasteiger partial charge is 0.481 e. The van der Waals surface area contributed by atoms with E-state index in [4.69, 9.17) is 5.11 Å². The van der Waals surface area contributed by atoms with Gasteiger partial charge in [-0.1, -0.05) is 25.2 Å². The van der Waals surface area contributed by atoms with Gasteiger partial charge in [0.15, 0.2) is 0 Å². The summed E-state index contributed by atoms with van der Waals surface area (Å²) < 4.78 is 0. The molecule has 0 aromatic heterocycles. The van der Waals surface area contributed by atoms with E-state index in [1.807, 2.05) is 13.0 Å². The number of carboxylic acid groups (broad SMARTS) is 2. The quantitative estimate of drug-likeness (QED) is 0.580. The van der Waals surface area contributed by atoms with Crippen LogP contribution in [0.4, 0.5) is 0 Å². The van der Waals surface area contributed by atoms with Gasteiger partial charge in [-0.05, 0) is 31.1 Å². The Balaban J connectivity index is 2.49. The third-order valence-corrected chi connectivity index (χ3v) is 4.29. The van der Waals surface area contributed by atoms with Crippen LogP contribution in [0.2, 0.25) is 0 Å². The molecule has 4 unspecified atom stereocenters. The number of fused-ring (bicyclic) bond motifs is 2. The molecule has 4 nitrogen and oxygen atoms in total. The van der Waals surface area contributed by atoms with Gasteiger partial charge in [0.05, 0.1) is 5.41 Å². The predicted octanol–water partition coefficient (Wildman–Crippen LogP) is 1.93. The maximum Gasteiger partial charge on any atom is 0.330 e. The third-order valence-electron chi connectivity index (χ3n) is 4.29. The van der Waals surface area contributed by atoms with E-state index < -0.39 is 17.4 Å². The Morgan fingerprint density at radius 3 is 2.41 bits per heavy atom. The molecule has 0 aromatic carbocycles. The number of rotatable bonds is 3. The fourth-order valence-electron chi connectivity index (χ4n) is 3.22. The van der Waals surface area contributed by atoms with Crippen molar-refractivity contribution < 1.29 is 19.8 Å². The minimum Gasteiger partial charge on any atom is -0.481 e. The molecule has 1 saturated carbocycles. The molecule has 92 valence electrons. The van der Waals surface area contributed by atoms with Crippen molar-refractivity contribution in [3.05, 3.63) is 23.8 Å². The second kappa shape index (κ2) is 3.72. The third kappa shape index (κ3) is 1.51. The van der Waals surface area contributed by atoms with Crippen molar-refractivity contribution in [1.82, 2.24) is 0 Å². The zero-order chi connectivity index (χ0) is 12.8. The molecule has 1 fully saturated rings. The maximum absolute atomic E-state index is 11.6. The summed E-state index contributed by atoms with van der Waals surface area (Å²) in [7, 11) is 0. The van der Waals surface area contributed by atoms with Crippen LogP contribution in [0.3, 0.4) is 0 Å². The topological polar surface area (TPSA) is 74.6 Å². The van der Waals surface area contributed by atoms with Crippen molar-refractivity contribution in [2.24, 2.45) is 23.2 Å². The first kappa shape index (κ1) is 11.9. The average molecular weight is 236 g/mol. The molecule has 2 aliphatic carbocycles. The van der Waals surface area contributed by atoms with E-state index in [9.17, 15) is 14.7 Å². The van der Waals surface area contributed by atoms with E-state index >= 15 is 0 Å². The van der Waals surface area contributed by atoms with Crippen LogP contribution in [0, 0.1) is 23.2 Å². The molecule has 0 saturated heterocycles. The Morgan fingerprint density at radius 1 is 1.35 bits per heavy atom. The zero-order valence-corrected chi connectivity index (χ0v) is 9.88. The SMILES string of the molecule is CC(=CC1(C(=O)O)C2C=CC(C2)C1C)C(=O)O. The fraction of sp³-hybridized carbons (Fsp3) is 0.538. The van der Waals surface area contributed by atoms with Gasteiger partial charge in [0, 0.05) is 5.57 Å². The van der Waals surface area contributed by atoms with E-state index in [0.29, 0.717) is 0 Å². The molecule has 0 aliphatic heterocycles. The lowest BCUT2D eigenvalue weighted by atomic mass is 9.68. The summed E-state index contributed by atoms with van der Waals surface area (Å²) in [5, 5.41) is 18.4. The highest BCUT2D eigenvalue weighted by atomic mass is 16.4. The van der Waals surface area contributed by atoms with Gasteiger partial charge in [0.2, 0.25) is 0 Å². The van der Waals surface area contributed by atoms with Crippen molar-refractivity contribution in [1.29, 1.82) is 0 Å². The van der Waals surface area contributed by atoms with E-state index in [1.54, 1.807) is 0 Å². The summed E-state index contributed by atoms with van der Waals surface area (Å²) in [4.78, 5) is 22.5. The highest BCUT2D eigenvalue weighted by molar-refractivity contribution is 5.89. The first-order chi connectivity index (χ1) is 7.89. The van der Waals surface area contributed by atoms with Crippen LogP contribution in [0.25, 0.3) is 0 Å². The lowest BCUT2D eigenvalue weighted by Gasteiger charge is -2.34. The minimum atomic E-state index is -1.05. The van der Waals surface area contributed by atoms with Crippen molar-refractivity contribution >= 4 is 11.9 Å². The Hall–Kier alpha value is -1.58. The minimum absolute atomic E-state index is 0.0516. The molecule has 2 bridgehead atoms. The highest BCUT2D eigenvalue weighted by Crippen LogP contribution is 2.57. The Bertz CT molecular complexity index is 435. The highest BCUT2D eigenvalue weighted by Gasteiger charge is 2.57. The van der Waals surface area contributed by atoms with Crippen molar-refractivity contribution in [2.75, 3.05) is 0 Å². The molecule has 0 spiro atoms. The normalized spacial score (nSPS) is 39.6. The second-order valence-electron chi connectivity index (χ2n) is 5.05. The van der Waals surface area contributed by atoms with Gasteiger partial charge in [-0.15, -0.1) is 0 Å². The van der Waals surface area contributed by atoms with Gasteiger partial charge in [0.25, 0.3) is 0 Å². The standard InChI is InChI=1S/C13H16O4/c1-7(11(14)15)6-13(12(16)17)8(2)9-3-4-10(13)5-9/h3-4,6,8-10H,5H2,1-2H3,(H,14,15)(H,16,17). The van der Waals surface area contributed by atoms with Gasteiger partial charge in [-0.3, -0.25) is 4.79 Å². The van der Waals surface area contributed by atoms with Crippen LogP contribution in [0.15, 0.2) is 23.8 Å². The van der Waals surface area contributed by atoms with Crippen molar-refractivity contribution in [2.45, 2.75) is 20.3 Å². The average Bonchev–Trinajstić information content (AvgIpc) is 2.80. The van der Waals surface area contributed by atoms with Gasteiger partial charge in [-0.2, -0.15) is 0 Å². The molecule has 4 heteroatoms. The molecule has 0 heterocycles. The van der Waals surface area contributed by atoms with Crippen LogP contribution in [0.5, 0.6) is 0 Å². The van der Waals surface area contributed by atoms with Crippen LogP contribution >= 0.6 is 0 Å². The molecule has 0 aromatic rings. The van der Waals surface area contributed by atoms with E-state index in [2.05, 4.69) is 6.08 Å². The summed E-state index contributed by atoms with van der Waals surface area (Å²) in [6.45, 7) is 3.35. The molecule has 17 heavy (non-hydrogen) atoms. The fourth-order valence-corrected chi connectivity index (χ4v) is 3.22. The van der Waals surface area contributed by atoms with Crippen molar-refractivity contribution in [3.63, 3.8) is 0 Å². The molecule has 0 radical (unpaired) electrons. The van der Waals surface area contributed by atoms with Gasteiger partial charge >= 0.3 is 11.9 Å². The molecule has 0 amide bonds. The summed E-state index contributed by atoms with van der Waals surface area (Å²) in [5.41, 5.74) is -0.928. The lowest BCUT2D eigenvalue weighted by Crippen LogP contribution is -2.39. The van der Waals surface area contributed by atoms with Gasteiger partial charge < -0.3 is 10.2 Å². The van der Waals surface area contributed by atoms with Crippen LogP contribution < -0.4 is 0 Å². The molecule has 2 N–H and O–H groups in total. The number of carboxylic acids is 2. The predicted molar refractivity (Wildman–Crippen MR) is 61.4 cm³/mol. The van der Waals surface area contributed by atoms with Crippen LogP contribution in [-0.2, 0) is 9.59 Å². The van der Waals surface area contributed by atoms with Crippen molar-refractivity contribution in [3.8, 4) is 0 Å². The molecular formula is C13H16O4. The van der Waals surface area contributed by atoms with Crippen LogP contribution in [-0.4, -0.2) is 22.2 Å². The number of hydrogen-bond acceptors (Lipinski definition) is 2. The molecule has 4 atom stereocenters. The van der Waals surface area contributed by atoms with E-state index in [-0.39, 0.29) is 23.3 Å². The lowest BCUT2D eigenvalue weighted by molar-refractivity contribution is -0.149. The number of hydrogen-bond donors (Lipinski definition) is 2. The number of aliphatic carboxylic acids is 2. The Labute approximate surface area is 99.6 Å². The Morgan fingerprint density at radius 2 is 2.00 bits per heavy atom. The Kier molecular flexibility index (Phi) is 2.60. The molecular weight excluding hydrogens is 220 g/mol. The van der Waals surface area contributed by atoms with E-state index in [1.165, 1.54) is 13.0 Å². The summed E-state index contributed by atoms with van der Waals surface area (Å²) >= 11 is 0. The summed E-state index contributed by atoms with van der Waals surface area (Å²) in [5.74, 6) is -1.83. The number of allylic oxidation sites excluding steroid dienone is 2. The molecule has 2 aliphatic rings. The maximum atomic E-state index is 11.6. The summed E-state index contributed by atoms with van der Waals surface area (Å²) in [6, 6.07) is 0. The van der Waals surface area contributed by atoms with Crippen LogP contribution in [0.1, 0.15) is 20.3 Å². The number of carbonyl (C=O) groups is 2. The molecule has 2 rings (SSSR count). The monoisotopic (exact) mass is 236 g/mol. The zero-order valence-electron chi connectivity index (χ0n) is 9.88. The first-order valence-electron chi connectivity index (χ1n) is 5.74. The second-order valence-corrected chi connectivity index (χ2v) is 5.05. The van der Waals surface area contributed by atoms with E-state index in [0.717, 1.165) is 6.42 Å². The van der Waals surface area contributed by atoms with Gasteiger partial charge in [-0.25, -0.2) is 4.79 Å². The first-order valence-corrected chi connectivity index (χ1v) is 5.74. The smallest absolute Gasteiger partial charge is 0.330 e. The van der Waals surface area contributed by atoms with Gasteiger partial charge in [0.1, 0.15) is 0 Å².